The first-order chi connectivity index (χ1) is 11.6. The maximum absolute atomic E-state index is 9.15. The van der Waals surface area contributed by atoms with Crippen LogP contribution in [0, 0.1) is 25.2 Å². The van der Waals surface area contributed by atoms with Gasteiger partial charge in [-0.2, -0.15) is 5.26 Å². The van der Waals surface area contributed by atoms with Crippen LogP contribution in [0.1, 0.15) is 17.5 Å². The quantitative estimate of drug-likeness (QED) is 0.839. The molecule has 0 amide bonds. The average Bonchev–Trinajstić information content (AvgIpc) is 2.98. The molecule has 0 aromatic heterocycles. The molecular formula is C20H21NO3. The maximum Gasteiger partial charge on any atom is 0.148 e. The van der Waals surface area contributed by atoms with Gasteiger partial charge in [0.15, 0.2) is 0 Å². The summed E-state index contributed by atoms with van der Waals surface area (Å²) in [4.78, 5) is 0. The lowest BCUT2D eigenvalue weighted by molar-refractivity contribution is 0.00472. The van der Waals surface area contributed by atoms with Crippen LogP contribution in [-0.4, -0.2) is 24.9 Å². The molecule has 1 aliphatic rings. The van der Waals surface area contributed by atoms with Crippen molar-refractivity contribution in [1.29, 1.82) is 5.26 Å². The molecule has 2 aromatic carbocycles. The molecule has 0 radical (unpaired) electrons. The van der Waals surface area contributed by atoms with Gasteiger partial charge in [0.05, 0.1) is 6.07 Å². The highest BCUT2D eigenvalue weighted by atomic mass is 16.6. The van der Waals surface area contributed by atoms with Crippen molar-refractivity contribution >= 4 is 0 Å². The molecule has 0 saturated carbocycles. The minimum Gasteiger partial charge on any atom is -0.491 e. The highest BCUT2D eigenvalue weighted by molar-refractivity contribution is 5.27. The zero-order valence-corrected chi connectivity index (χ0v) is 13.9. The third-order valence-electron chi connectivity index (χ3n) is 4.09. The van der Waals surface area contributed by atoms with Gasteiger partial charge in [0.1, 0.15) is 36.4 Å². The van der Waals surface area contributed by atoms with Gasteiger partial charge in [-0.15, -0.1) is 0 Å². The average molecular weight is 323 g/mol. The van der Waals surface area contributed by atoms with E-state index in [2.05, 4.69) is 6.07 Å². The molecule has 0 unspecified atom stereocenters. The van der Waals surface area contributed by atoms with Crippen LogP contribution in [0.4, 0.5) is 0 Å². The third-order valence-corrected chi connectivity index (χ3v) is 4.09. The summed E-state index contributed by atoms with van der Waals surface area (Å²) in [6.07, 6.45) is -0.362. The summed E-state index contributed by atoms with van der Waals surface area (Å²) < 4.78 is 17.6. The molecule has 0 bridgehead atoms. The van der Waals surface area contributed by atoms with Gasteiger partial charge < -0.3 is 14.2 Å². The van der Waals surface area contributed by atoms with Crippen molar-refractivity contribution in [3.63, 3.8) is 0 Å². The standard InChI is InChI=1S/C20H21NO3/c1-14-3-7-16(8-4-14)22-13-20-19(11-18(12-21)24-20)23-17-9-5-15(2)6-10-17/h3-10,18-20H,11,13H2,1-2H3/t18-,19+,20-/m1/s1. The normalized spacial score (nSPS) is 22.8. The molecule has 124 valence electrons. The van der Waals surface area contributed by atoms with Gasteiger partial charge in [-0.3, -0.25) is 0 Å². The van der Waals surface area contributed by atoms with Gasteiger partial charge in [0.2, 0.25) is 0 Å². The van der Waals surface area contributed by atoms with Crippen LogP contribution in [0.3, 0.4) is 0 Å². The van der Waals surface area contributed by atoms with Crippen molar-refractivity contribution in [1.82, 2.24) is 0 Å². The summed E-state index contributed by atoms with van der Waals surface area (Å²) in [6, 6.07) is 17.9. The van der Waals surface area contributed by atoms with Crippen LogP contribution in [0.2, 0.25) is 0 Å². The first-order valence-corrected chi connectivity index (χ1v) is 8.12. The third kappa shape index (κ3) is 4.06. The Balaban J connectivity index is 1.63. The lowest BCUT2D eigenvalue weighted by atomic mass is 10.1. The summed E-state index contributed by atoms with van der Waals surface area (Å²) in [5.41, 5.74) is 2.36. The molecule has 1 fully saturated rings. The van der Waals surface area contributed by atoms with Gasteiger partial charge in [-0.05, 0) is 38.1 Å². The lowest BCUT2D eigenvalue weighted by Gasteiger charge is -2.20. The highest BCUT2D eigenvalue weighted by Gasteiger charge is 2.37. The maximum atomic E-state index is 9.15. The zero-order valence-electron chi connectivity index (χ0n) is 13.9. The van der Waals surface area contributed by atoms with Crippen LogP contribution >= 0.6 is 0 Å². The van der Waals surface area contributed by atoms with E-state index in [9.17, 15) is 0 Å². The molecule has 0 spiro atoms. The first-order valence-electron chi connectivity index (χ1n) is 8.12. The fourth-order valence-corrected chi connectivity index (χ4v) is 2.68. The molecule has 24 heavy (non-hydrogen) atoms. The second-order valence-electron chi connectivity index (χ2n) is 6.12. The van der Waals surface area contributed by atoms with E-state index in [0.717, 1.165) is 11.5 Å². The van der Waals surface area contributed by atoms with E-state index >= 15 is 0 Å². The van der Waals surface area contributed by atoms with Crippen molar-refractivity contribution in [3.05, 3.63) is 59.7 Å². The number of aryl methyl sites for hydroxylation is 2. The van der Waals surface area contributed by atoms with Crippen molar-refractivity contribution in [3.8, 4) is 17.6 Å². The van der Waals surface area contributed by atoms with E-state index in [1.165, 1.54) is 11.1 Å². The SMILES string of the molecule is Cc1ccc(OC[C@H]2O[C@@H](C#N)C[C@@H]2Oc2ccc(C)cc2)cc1. The highest BCUT2D eigenvalue weighted by Crippen LogP contribution is 2.26. The summed E-state index contributed by atoms with van der Waals surface area (Å²) in [5.74, 6) is 1.58. The molecule has 0 N–H and O–H groups in total. The molecule has 0 aliphatic carbocycles. The van der Waals surface area contributed by atoms with Gasteiger partial charge in [0.25, 0.3) is 0 Å². The predicted molar refractivity (Wildman–Crippen MR) is 91.2 cm³/mol. The molecule has 2 aromatic rings. The van der Waals surface area contributed by atoms with E-state index < -0.39 is 6.10 Å². The minimum atomic E-state index is -0.452. The van der Waals surface area contributed by atoms with E-state index in [1.807, 2.05) is 62.4 Å². The molecule has 1 saturated heterocycles. The van der Waals surface area contributed by atoms with Gasteiger partial charge in [0, 0.05) is 6.42 Å². The minimum absolute atomic E-state index is 0.192. The van der Waals surface area contributed by atoms with E-state index in [-0.39, 0.29) is 12.2 Å². The Morgan fingerprint density at radius 1 is 1.00 bits per heavy atom. The van der Waals surface area contributed by atoms with Crippen LogP contribution in [0.25, 0.3) is 0 Å². The number of hydrogen-bond acceptors (Lipinski definition) is 4. The Morgan fingerprint density at radius 2 is 1.58 bits per heavy atom. The summed E-state index contributed by atoms with van der Waals surface area (Å²) in [6.45, 7) is 4.43. The van der Waals surface area contributed by atoms with E-state index in [0.29, 0.717) is 13.0 Å². The van der Waals surface area contributed by atoms with Crippen LogP contribution in [-0.2, 0) is 4.74 Å². The van der Waals surface area contributed by atoms with E-state index in [1.54, 1.807) is 0 Å². The van der Waals surface area contributed by atoms with Crippen molar-refractivity contribution < 1.29 is 14.2 Å². The Morgan fingerprint density at radius 3 is 2.17 bits per heavy atom. The second-order valence-corrected chi connectivity index (χ2v) is 6.12. The summed E-state index contributed by atoms with van der Waals surface area (Å²) >= 11 is 0. The fraction of sp³-hybridized carbons (Fsp3) is 0.350. The lowest BCUT2D eigenvalue weighted by Crippen LogP contribution is -2.32. The van der Waals surface area contributed by atoms with Crippen LogP contribution in [0.5, 0.6) is 11.5 Å². The van der Waals surface area contributed by atoms with Gasteiger partial charge in [-0.1, -0.05) is 35.4 Å². The number of ether oxygens (including phenoxy) is 3. The molecule has 4 nitrogen and oxygen atoms in total. The fourth-order valence-electron chi connectivity index (χ4n) is 2.68. The largest absolute Gasteiger partial charge is 0.491 e. The number of benzene rings is 2. The Kier molecular flexibility index (Phi) is 5.02. The predicted octanol–water partition coefficient (Wildman–Crippen LogP) is 3.81. The van der Waals surface area contributed by atoms with Crippen molar-refractivity contribution in [2.75, 3.05) is 6.61 Å². The van der Waals surface area contributed by atoms with Gasteiger partial charge in [-0.25, -0.2) is 0 Å². The molecular weight excluding hydrogens is 302 g/mol. The molecule has 3 atom stereocenters. The molecule has 4 heteroatoms. The monoisotopic (exact) mass is 323 g/mol. The van der Waals surface area contributed by atoms with E-state index in [4.69, 9.17) is 19.5 Å². The smallest absolute Gasteiger partial charge is 0.148 e. The number of nitriles is 1. The first kappa shape index (κ1) is 16.4. The Hall–Kier alpha value is -2.51. The number of nitrogens with zero attached hydrogens (tertiary/aromatic N) is 1. The summed E-state index contributed by atoms with van der Waals surface area (Å²) in [5, 5.41) is 9.15. The van der Waals surface area contributed by atoms with Crippen molar-refractivity contribution in [2.24, 2.45) is 0 Å². The molecule has 3 rings (SSSR count). The van der Waals surface area contributed by atoms with Crippen LogP contribution < -0.4 is 9.47 Å². The van der Waals surface area contributed by atoms with Crippen molar-refractivity contribution in [2.45, 2.75) is 38.6 Å². The number of hydrogen-bond donors (Lipinski definition) is 0. The topological polar surface area (TPSA) is 51.5 Å². The number of rotatable bonds is 5. The van der Waals surface area contributed by atoms with Gasteiger partial charge >= 0.3 is 0 Å². The Bertz CT molecular complexity index is 703. The second kappa shape index (κ2) is 7.37. The summed E-state index contributed by atoms with van der Waals surface area (Å²) in [7, 11) is 0. The Labute approximate surface area is 142 Å². The van der Waals surface area contributed by atoms with Crippen LogP contribution in [0.15, 0.2) is 48.5 Å². The molecule has 1 heterocycles. The zero-order chi connectivity index (χ0) is 16.9. The molecule has 1 aliphatic heterocycles.